The maximum Gasteiger partial charge on any atom is 0.255 e. The first-order chi connectivity index (χ1) is 11.3. The Labute approximate surface area is 139 Å². The molecule has 0 fully saturated rings. The highest BCUT2D eigenvalue weighted by Gasteiger charge is 2.11. The van der Waals surface area contributed by atoms with Crippen LogP contribution in [0.5, 0.6) is 0 Å². The van der Waals surface area contributed by atoms with Crippen molar-refractivity contribution in [2.45, 2.75) is 52.4 Å². The molecular formula is C21H27NO. The van der Waals surface area contributed by atoms with Crippen molar-refractivity contribution >= 4 is 11.6 Å². The van der Waals surface area contributed by atoms with E-state index in [0.29, 0.717) is 0 Å². The molecule has 0 aliphatic rings. The second-order valence-electron chi connectivity index (χ2n) is 5.93. The average molecular weight is 309 g/mol. The van der Waals surface area contributed by atoms with Crippen LogP contribution in [0, 0.1) is 0 Å². The topological polar surface area (TPSA) is 29.1 Å². The number of unbranched alkanes of at least 4 members (excludes halogenated alkanes) is 3. The number of rotatable bonds is 8. The van der Waals surface area contributed by atoms with E-state index < -0.39 is 0 Å². The van der Waals surface area contributed by atoms with E-state index in [1.54, 1.807) is 0 Å². The summed E-state index contributed by atoms with van der Waals surface area (Å²) in [6.07, 6.45) is 6.82. The maximum atomic E-state index is 12.6. The second kappa shape index (κ2) is 9.14. The molecule has 0 unspecified atom stereocenters. The predicted molar refractivity (Wildman–Crippen MR) is 98.1 cm³/mol. The van der Waals surface area contributed by atoms with E-state index in [-0.39, 0.29) is 5.91 Å². The number of hydrogen-bond donors (Lipinski definition) is 1. The zero-order chi connectivity index (χ0) is 16.5. The van der Waals surface area contributed by atoms with Crippen molar-refractivity contribution in [3.63, 3.8) is 0 Å². The molecule has 0 aliphatic carbocycles. The highest BCUT2D eigenvalue weighted by molar-refractivity contribution is 6.05. The fraction of sp³-hybridized carbons (Fsp3) is 0.381. The molecule has 0 atom stereocenters. The summed E-state index contributed by atoms with van der Waals surface area (Å²) in [6, 6.07) is 16.0. The Morgan fingerprint density at radius 2 is 1.57 bits per heavy atom. The molecule has 0 bridgehead atoms. The fourth-order valence-corrected chi connectivity index (χ4v) is 2.84. The largest absolute Gasteiger partial charge is 0.322 e. The Morgan fingerprint density at radius 1 is 0.870 bits per heavy atom. The average Bonchev–Trinajstić information content (AvgIpc) is 2.60. The van der Waals surface area contributed by atoms with Crippen LogP contribution < -0.4 is 5.32 Å². The van der Waals surface area contributed by atoms with E-state index in [2.05, 4.69) is 25.2 Å². The van der Waals surface area contributed by atoms with Crippen LogP contribution in [0.25, 0.3) is 0 Å². The lowest BCUT2D eigenvalue weighted by atomic mass is 10.0. The van der Waals surface area contributed by atoms with Crippen molar-refractivity contribution in [1.82, 2.24) is 0 Å². The summed E-state index contributed by atoms with van der Waals surface area (Å²) in [5.41, 5.74) is 4.03. The molecule has 0 saturated heterocycles. The summed E-state index contributed by atoms with van der Waals surface area (Å²) in [5.74, 6) is -0.0107. The molecule has 2 nitrogen and oxygen atoms in total. The zero-order valence-corrected chi connectivity index (χ0v) is 14.3. The van der Waals surface area contributed by atoms with Crippen LogP contribution in [0.3, 0.4) is 0 Å². The van der Waals surface area contributed by atoms with E-state index in [1.807, 2.05) is 42.5 Å². The van der Waals surface area contributed by atoms with Crippen LogP contribution in [-0.4, -0.2) is 5.91 Å². The quantitative estimate of drug-likeness (QED) is 0.630. The van der Waals surface area contributed by atoms with Gasteiger partial charge in [-0.15, -0.1) is 0 Å². The molecule has 1 amide bonds. The lowest BCUT2D eigenvalue weighted by molar-refractivity contribution is 0.102. The van der Waals surface area contributed by atoms with Crippen molar-refractivity contribution in [2.24, 2.45) is 0 Å². The Bertz CT molecular complexity index is 633. The highest BCUT2D eigenvalue weighted by atomic mass is 16.1. The molecule has 0 saturated carbocycles. The summed E-state index contributed by atoms with van der Waals surface area (Å²) in [5, 5.41) is 3.10. The van der Waals surface area contributed by atoms with Gasteiger partial charge in [-0.3, -0.25) is 4.79 Å². The second-order valence-corrected chi connectivity index (χ2v) is 5.93. The minimum atomic E-state index is -0.0107. The number of nitrogens with one attached hydrogen (secondary N) is 1. The lowest BCUT2D eigenvalue weighted by Crippen LogP contribution is -2.15. The van der Waals surface area contributed by atoms with Crippen molar-refractivity contribution in [3.8, 4) is 0 Å². The molecule has 0 heterocycles. The number of aryl methyl sites for hydroxylation is 2. The van der Waals surface area contributed by atoms with Crippen LogP contribution in [0.1, 0.15) is 61.0 Å². The van der Waals surface area contributed by atoms with Crippen LogP contribution in [0.2, 0.25) is 0 Å². The summed E-state index contributed by atoms with van der Waals surface area (Å²) in [7, 11) is 0. The molecule has 23 heavy (non-hydrogen) atoms. The Morgan fingerprint density at radius 3 is 2.30 bits per heavy atom. The molecule has 0 radical (unpaired) electrons. The summed E-state index contributed by atoms with van der Waals surface area (Å²) in [4.78, 5) is 12.6. The minimum Gasteiger partial charge on any atom is -0.322 e. The van der Waals surface area contributed by atoms with Gasteiger partial charge in [-0.2, -0.15) is 0 Å². The van der Waals surface area contributed by atoms with Gasteiger partial charge < -0.3 is 5.32 Å². The first-order valence-electron chi connectivity index (χ1n) is 8.73. The van der Waals surface area contributed by atoms with Crippen molar-refractivity contribution in [2.75, 3.05) is 5.32 Å². The zero-order valence-electron chi connectivity index (χ0n) is 14.3. The minimum absolute atomic E-state index is 0.0107. The molecule has 0 aliphatic heterocycles. The Balaban J connectivity index is 2.08. The van der Waals surface area contributed by atoms with E-state index in [1.165, 1.54) is 31.2 Å². The lowest BCUT2D eigenvalue weighted by Gasteiger charge is -2.13. The normalized spacial score (nSPS) is 10.5. The number of amides is 1. The Hall–Kier alpha value is -2.09. The van der Waals surface area contributed by atoms with Crippen LogP contribution >= 0.6 is 0 Å². The number of carbonyl (C=O) groups excluding carboxylic acids is 1. The molecule has 0 aromatic heterocycles. The van der Waals surface area contributed by atoms with Gasteiger partial charge in [0.1, 0.15) is 0 Å². The first kappa shape index (κ1) is 17.3. The van der Waals surface area contributed by atoms with E-state index >= 15 is 0 Å². The molecule has 2 aromatic rings. The molecular weight excluding hydrogens is 282 g/mol. The third kappa shape index (κ3) is 4.95. The molecule has 0 spiro atoms. The van der Waals surface area contributed by atoms with Crippen molar-refractivity contribution in [3.05, 3.63) is 65.2 Å². The monoisotopic (exact) mass is 309 g/mol. The summed E-state index contributed by atoms with van der Waals surface area (Å²) < 4.78 is 0. The van der Waals surface area contributed by atoms with Crippen molar-refractivity contribution < 1.29 is 4.79 Å². The first-order valence-corrected chi connectivity index (χ1v) is 8.73. The summed E-state index contributed by atoms with van der Waals surface area (Å²) in [6.45, 7) is 4.30. The van der Waals surface area contributed by atoms with Gasteiger partial charge in [0.05, 0.1) is 0 Å². The van der Waals surface area contributed by atoms with Gasteiger partial charge >= 0.3 is 0 Å². The van der Waals surface area contributed by atoms with E-state index in [4.69, 9.17) is 0 Å². The molecule has 2 rings (SSSR count). The van der Waals surface area contributed by atoms with Gasteiger partial charge in [0.2, 0.25) is 0 Å². The van der Waals surface area contributed by atoms with Gasteiger partial charge in [0, 0.05) is 11.3 Å². The number of hydrogen-bond acceptors (Lipinski definition) is 1. The number of carbonyl (C=O) groups is 1. The van der Waals surface area contributed by atoms with Gasteiger partial charge in [0.25, 0.3) is 5.91 Å². The standard InChI is InChI=1S/C21H27NO/c1-3-5-6-7-13-18-14-9-11-16-20(18)22-21(23)19-15-10-8-12-17(19)4-2/h8-12,14-16H,3-7,13H2,1-2H3,(H,22,23). The van der Waals surface area contributed by atoms with Crippen LogP contribution in [-0.2, 0) is 12.8 Å². The fourth-order valence-electron chi connectivity index (χ4n) is 2.84. The molecule has 2 heteroatoms. The van der Waals surface area contributed by atoms with Gasteiger partial charge in [-0.05, 0) is 42.5 Å². The number of benzene rings is 2. The van der Waals surface area contributed by atoms with Crippen molar-refractivity contribution in [1.29, 1.82) is 0 Å². The van der Waals surface area contributed by atoms with Gasteiger partial charge in [0.15, 0.2) is 0 Å². The SMILES string of the molecule is CCCCCCc1ccccc1NC(=O)c1ccccc1CC. The highest BCUT2D eigenvalue weighted by Crippen LogP contribution is 2.20. The van der Waals surface area contributed by atoms with Crippen LogP contribution in [0.15, 0.2) is 48.5 Å². The number of anilines is 1. The smallest absolute Gasteiger partial charge is 0.255 e. The predicted octanol–water partition coefficient (Wildman–Crippen LogP) is 5.62. The molecule has 122 valence electrons. The molecule has 2 aromatic carbocycles. The van der Waals surface area contributed by atoms with E-state index in [0.717, 1.165) is 29.7 Å². The molecule has 1 N–H and O–H groups in total. The summed E-state index contributed by atoms with van der Waals surface area (Å²) >= 11 is 0. The van der Waals surface area contributed by atoms with Gasteiger partial charge in [-0.25, -0.2) is 0 Å². The number of para-hydroxylation sites is 1. The Kier molecular flexibility index (Phi) is 6.86. The third-order valence-electron chi connectivity index (χ3n) is 4.21. The maximum absolute atomic E-state index is 12.6. The van der Waals surface area contributed by atoms with Crippen LogP contribution in [0.4, 0.5) is 5.69 Å². The van der Waals surface area contributed by atoms with Gasteiger partial charge in [-0.1, -0.05) is 69.5 Å². The van der Waals surface area contributed by atoms with E-state index in [9.17, 15) is 4.79 Å². The third-order valence-corrected chi connectivity index (χ3v) is 4.21.